The number of sulfonamides is 1. The summed E-state index contributed by atoms with van der Waals surface area (Å²) in [6, 6.07) is 7.14. The van der Waals surface area contributed by atoms with Gasteiger partial charge < -0.3 is 14.5 Å². The minimum Gasteiger partial charge on any atom is -0.465 e. The van der Waals surface area contributed by atoms with E-state index in [1.54, 1.807) is 17.0 Å². The van der Waals surface area contributed by atoms with Gasteiger partial charge >= 0.3 is 5.97 Å². The Morgan fingerprint density at radius 2 is 1.72 bits per heavy atom. The first-order chi connectivity index (χ1) is 11.8. The number of hydrogen-bond donors (Lipinski definition) is 1. The average Bonchev–Trinajstić information content (AvgIpc) is 2.60. The van der Waals surface area contributed by atoms with Gasteiger partial charge in [0.2, 0.25) is 15.9 Å². The summed E-state index contributed by atoms with van der Waals surface area (Å²) in [7, 11) is -2.18. The van der Waals surface area contributed by atoms with E-state index >= 15 is 0 Å². The zero-order valence-corrected chi connectivity index (χ0v) is 15.0. The van der Waals surface area contributed by atoms with Gasteiger partial charge in [-0.3, -0.25) is 4.79 Å². The molecule has 1 aliphatic heterocycles. The summed E-state index contributed by atoms with van der Waals surface area (Å²) in [6.45, 7) is 2.51. The highest BCUT2D eigenvalue weighted by atomic mass is 32.2. The fourth-order valence-corrected chi connectivity index (χ4v) is 3.27. The van der Waals surface area contributed by atoms with Crippen molar-refractivity contribution in [2.45, 2.75) is 12.8 Å². The number of primary sulfonamides is 1. The summed E-state index contributed by atoms with van der Waals surface area (Å²) in [5.41, 5.74) is 1.48. The maximum Gasteiger partial charge on any atom is 0.337 e. The molecule has 1 aromatic rings. The number of piperazine rings is 1. The topological polar surface area (TPSA) is 110 Å². The van der Waals surface area contributed by atoms with E-state index in [-0.39, 0.29) is 30.5 Å². The normalized spacial score (nSPS) is 15.1. The lowest BCUT2D eigenvalue weighted by Gasteiger charge is -2.36. The van der Waals surface area contributed by atoms with Gasteiger partial charge in [0.05, 0.1) is 18.4 Å². The largest absolute Gasteiger partial charge is 0.465 e. The molecule has 0 atom stereocenters. The number of rotatable bonds is 6. The number of methoxy groups -OCH3 is 1. The number of anilines is 1. The second-order valence-corrected chi connectivity index (χ2v) is 7.61. The van der Waals surface area contributed by atoms with Crippen molar-refractivity contribution in [3.8, 4) is 0 Å². The zero-order chi connectivity index (χ0) is 18.4. The third kappa shape index (κ3) is 5.71. The zero-order valence-electron chi connectivity index (χ0n) is 14.2. The lowest BCUT2D eigenvalue weighted by molar-refractivity contribution is -0.131. The van der Waals surface area contributed by atoms with Gasteiger partial charge in [-0.2, -0.15) is 0 Å². The number of nitrogens with zero attached hydrogens (tertiary/aromatic N) is 2. The van der Waals surface area contributed by atoms with Crippen molar-refractivity contribution < 1.29 is 22.7 Å². The first-order valence-electron chi connectivity index (χ1n) is 8.02. The Kier molecular flexibility index (Phi) is 6.38. The fraction of sp³-hybridized carbons (Fsp3) is 0.500. The van der Waals surface area contributed by atoms with E-state index in [9.17, 15) is 18.0 Å². The average molecular weight is 369 g/mol. The molecule has 1 aromatic carbocycles. The number of esters is 1. The van der Waals surface area contributed by atoms with E-state index in [4.69, 9.17) is 5.14 Å². The van der Waals surface area contributed by atoms with Crippen molar-refractivity contribution >= 4 is 27.6 Å². The molecule has 0 bridgehead atoms. The standard InChI is InChI=1S/C16H23N3O5S/c1-24-16(21)13-4-6-14(7-5-13)18-8-10-19(11-9-18)15(20)3-2-12-25(17,22)23/h4-7H,2-3,8-12H2,1H3,(H2,17,22,23). The molecule has 2 rings (SSSR count). The van der Waals surface area contributed by atoms with Crippen LogP contribution in [0.4, 0.5) is 5.69 Å². The molecule has 0 aliphatic carbocycles. The van der Waals surface area contributed by atoms with E-state index < -0.39 is 10.0 Å². The molecule has 0 radical (unpaired) electrons. The van der Waals surface area contributed by atoms with Gasteiger partial charge in [-0.15, -0.1) is 0 Å². The van der Waals surface area contributed by atoms with Crippen LogP contribution in [0.1, 0.15) is 23.2 Å². The Morgan fingerprint density at radius 1 is 1.12 bits per heavy atom. The molecule has 9 heteroatoms. The quantitative estimate of drug-likeness (QED) is 0.717. The van der Waals surface area contributed by atoms with Gasteiger partial charge in [0.25, 0.3) is 0 Å². The van der Waals surface area contributed by atoms with Crippen molar-refractivity contribution in [2.24, 2.45) is 5.14 Å². The molecule has 0 saturated carbocycles. The highest BCUT2D eigenvalue weighted by Gasteiger charge is 2.21. The summed E-state index contributed by atoms with van der Waals surface area (Å²) in [5.74, 6) is -0.601. The molecule has 0 aromatic heterocycles. The molecule has 0 unspecified atom stereocenters. The van der Waals surface area contributed by atoms with E-state index in [1.165, 1.54) is 7.11 Å². The second-order valence-electron chi connectivity index (χ2n) is 5.88. The Labute approximate surface area is 147 Å². The molecule has 8 nitrogen and oxygen atoms in total. The molecular formula is C16H23N3O5S. The van der Waals surface area contributed by atoms with Crippen LogP contribution in [-0.2, 0) is 19.6 Å². The third-order valence-electron chi connectivity index (χ3n) is 4.11. The molecule has 2 N–H and O–H groups in total. The lowest BCUT2D eigenvalue weighted by atomic mass is 10.1. The summed E-state index contributed by atoms with van der Waals surface area (Å²) >= 11 is 0. The molecular weight excluding hydrogens is 346 g/mol. The monoisotopic (exact) mass is 369 g/mol. The second kappa shape index (κ2) is 8.30. The van der Waals surface area contributed by atoms with Crippen LogP contribution in [0.15, 0.2) is 24.3 Å². The number of hydrogen-bond acceptors (Lipinski definition) is 6. The highest BCUT2D eigenvalue weighted by molar-refractivity contribution is 7.89. The minimum atomic E-state index is -3.52. The summed E-state index contributed by atoms with van der Waals surface area (Å²) in [6.07, 6.45) is 0.428. The molecule has 1 fully saturated rings. The molecule has 0 spiro atoms. The van der Waals surface area contributed by atoms with Gasteiger partial charge in [0, 0.05) is 38.3 Å². The third-order valence-corrected chi connectivity index (χ3v) is 4.96. The SMILES string of the molecule is COC(=O)c1ccc(N2CCN(C(=O)CCCS(N)(=O)=O)CC2)cc1. The summed E-state index contributed by atoms with van der Waals surface area (Å²) in [4.78, 5) is 27.4. The molecule has 25 heavy (non-hydrogen) atoms. The molecule has 1 aliphatic rings. The first-order valence-corrected chi connectivity index (χ1v) is 9.73. The van der Waals surface area contributed by atoms with Gasteiger partial charge in [-0.05, 0) is 30.7 Å². The van der Waals surface area contributed by atoms with Crippen molar-refractivity contribution in [1.29, 1.82) is 0 Å². The number of benzene rings is 1. The van der Waals surface area contributed by atoms with Crippen LogP contribution in [0.25, 0.3) is 0 Å². The predicted molar refractivity (Wildman–Crippen MR) is 93.8 cm³/mol. The summed E-state index contributed by atoms with van der Waals surface area (Å²) < 4.78 is 26.5. The smallest absolute Gasteiger partial charge is 0.337 e. The Hall–Kier alpha value is -2.13. The number of amides is 1. The van der Waals surface area contributed by atoms with Crippen molar-refractivity contribution in [1.82, 2.24) is 4.90 Å². The summed E-state index contributed by atoms with van der Waals surface area (Å²) in [5, 5.41) is 4.93. The van der Waals surface area contributed by atoms with Crippen molar-refractivity contribution in [2.75, 3.05) is 43.9 Å². The lowest BCUT2D eigenvalue weighted by Crippen LogP contribution is -2.48. The number of carbonyl (C=O) groups excluding carboxylic acids is 2. The van der Waals surface area contributed by atoms with Gasteiger partial charge in [-0.1, -0.05) is 0 Å². The van der Waals surface area contributed by atoms with Crippen LogP contribution in [0, 0.1) is 0 Å². The van der Waals surface area contributed by atoms with Crippen LogP contribution in [-0.4, -0.2) is 64.2 Å². The number of nitrogens with two attached hydrogens (primary N) is 1. The van der Waals surface area contributed by atoms with Gasteiger partial charge in [0.15, 0.2) is 0 Å². The Morgan fingerprint density at radius 3 is 2.24 bits per heavy atom. The van der Waals surface area contributed by atoms with Gasteiger partial charge in [-0.25, -0.2) is 18.4 Å². The van der Waals surface area contributed by atoms with E-state index in [0.29, 0.717) is 31.7 Å². The van der Waals surface area contributed by atoms with Crippen LogP contribution in [0.3, 0.4) is 0 Å². The van der Waals surface area contributed by atoms with Crippen LogP contribution in [0.5, 0.6) is 0 Å². The Bertz CT molecular complexity index is 710. The van der Waals surface area contributed by atoms with E-state index in [1.807, 2.05) is 12.1 Å². The van der Waals surface area contributed by atoms with Crippen molar-refractivity contribution in [3.63, 3.8) is 0 Å². The molecule has 1 saturated heterocycles. The van der Waals surface area contributed by atoms with E-state index in [0.717, 1.165) is 5.69 Å². The maximum absolute atomic E-state index is 12.1. The molecule has 1 amide bonds. The first kappa shape index (κ1) is 19.2. The predicted octanol–water partition coefficient (Wildman–Crippen LogP) is 0.191. The van der Waals surface area contributed by atoms with Gasteiger partial charge in [0.1, 0.15) is 0 Å². The fourth-order valence-electron chi connectivity index (χ4n) is 2.72. The van der Waals surface area contributed by atoms with Crippen molar-refractivity contribution in [3.05, 3.63) is 29.8 Å². The highest BCUT2D eigenvalue weighted by Crippen LogP contribution is 2.18. The maximum atomic E-state index is 12.1. The molecule has 1 heterocycles. The Balaban J connectivity index is 1.82. The van der Waals surface area contributed by atoms with E-state index in [2.05, 4.69) is 9.64 Å². The van der Waals surface area contributed by atoms with Crippen LogP contribution in [0.2, 0.25) is 0 Å². The number of ether oxygens (including phenoxy) is 1. The van der Waals surface area contributed by atoms with Crippen LogP contribution >= 0.6 is 0 Å². The minimum absolute atomic E-state index is 0.0515. The molecule has 138 valence electrons. The number of carbonyl (C=O) groups is 2. The van der Waals surface area contributed by atoms with Crippen LogP contribution < -0.4 is 10.0 Å².